The van der Waals surface area contributed by atoms with Crippen LogP contribution in [0.4, 0.5) is 5.82 Å². The summed E-state index contributed by atoms with van der Waals surface area (Å²) < 4.78 is 10.7. The highest BCUT2D eigenvalue weighted by atomic mass is 35.5. The van der Waals surface area contributed by atoms with Gasteiger partial charge in [-0.2, -0.15) is 4.98 Å². The Labute approximate surface area is 140 Å². The lowest BCUT2D eigenvalue weighted by atomic mass is 9.97. The summed E-state index contributed by atoms with van der Waals surface area (Å²) in [4.78, 5) is 11.0. The summed E-state index contributed by atoms with van der Waals surface area (Å²) in [7, 11) is 3.22. The summed E-state index contributed by atoms with van der Waals surface area (Å²) in [5.41, 5.74) is 6.52. The van der Waals surface area contributed by atoms with Crippen molar-refractivity contribution in [2.24, 2.45) is 11.7 Å². The predicted octanol–water partition coefficient (Wildman–Crippen LogP) is 2.48. The molecule has 1 aliphatic rings. The first-order valence-electron chi connectivity index (χ1n) is 7.70. The molecule has 1 aromatic carbocycles. The average molecular weight is 337 g/mol. The second kappa shape index (κ2) is 6.76. The minimum Gasteiger partial charge on any atom is -0.493 e. The molecule has 3 rings (SSSR count). The van der Waals surface area contributed by atoms with Gasteiger partial charge in [0, 0.05) is 24.5 Å². The molecule has 6 nitrogen and oxygen atoms in total. The number of hydrogen-bond donors (Lipinski definition) is 1. The highest BCUT2D eigenvalue weighted by Crippen LogP contribution is 2.36. The van der Waals surface area contributed by atoms with Gasteiger partial charge in [-0.25, -0.2) is 4.98 Å². The Balaban J connectivity index is 2.05. The Kier molecular flexibility index (Phi) is 4.73. The highest BCUT2D eigenvalue weighted by Gasteiger charge is 2.22. The van der Waals surface area contributed by atoms with Crippen molar-refractivity contribution in [2.45, 2.75) is 12.8 Å². The van der Waals surface area contributed by atoms with Crippen LogP contribution in [0.25, 0.3) is 10.9 Å². The summed E-state index contributed by atoms with van der Waals surface area (Å²) in [6.07, 6.45) is 2.12. The van der Waals surface area contributed by atoms with Crippen LogP contribution in [0.1, 0.15) is 12.8 Å². The smallest absolute Gasteiger partial charge is 0.224 e. The molecule has 1 aromatic heterocycles. The maximum absolute atomic E-state index is 6.13. The molecule has 7 heteroatoms. The molecule has 2 heterocycles. The summed E-state index contributed by atoms with van der Waals surface area (Å²) in [5.74, 6) is 2.72. The average Bonchev–Trinajstić information content (AvgIpc) is 2.59. The van der Waals surface area contributed by atoms with E-state index in [1.807, 2.05) is 12.1 Å². The van der Waals surface area contributed by atoms with Crippen LogP contribution >= 0.6 is 11.6 Å². The Morgan fingerprint density at radius 1 is 1.17 bits per heavy atom. The number of nitrogens with two attached hydrogens (primary N) is 1. The zero-order valence-corrected chi connectivity index (χ0v) is 14.1. The largest absolute Gasteiger partial charge is 0.493 e. The number of anilines is 1. The zero-order chi connectivity index (χ0) is 16.4. The SMILES string of the molecule is COc1cc2nc(Cl)nc(N3CCC(CN)CC3)c2cc1OC. The van der Waals surface area contributed by atoms with Gasteiger partial charge in [0.15, 0.2) is 11.5 Å². The molecular formula is C16H21ClN4O2. The number of benzene rings is 1. The van der Waals surface area contributed by atoms with Crippen molar-refractivity contribution in [1.82, 2.24) is 9.97 Å². The maximum atomic E-state index is 6.13. The molecule has 2 N–H and O–H groups in total. The van der Waals surface area contributed by atoms with Crippen LogP contribution in [0.5, 0.6) is 11.5 Å². The van der Waals surface area contributed by atoms with E-state index in [4.69, 9.17) is 26.8 Å². The van der Waals surface area contributed by atoms with E-state index in [1.165, 1.54) is 0 Å². The van der Waals surface area contributed by atoms with Crippen LogP contribution in [0.3, 0.4) is 0 Å². The van der Waals surface area contributed by atoms with Gasteiger partial charge in [-0.1, -0.05) is 0 Å². The lowest BCUT2D eigenvalue weighted by Gasteiger charge is -2.32. The number of aromatic nitrogens is 2. The van der Waals surface area contributed by atoms with Gasteiger partial charge in [-0.3, -0.25) is 0 Å². The second-order valence-corrected chi connectivity index (χ2v) is 6.04. The van der Waals surface area contributed by atoms with Crippen LogP contribution < -0.4 is 20.1 Å². The second-order valence-electron chi connectivity index (χ2n) is 5.71. The van der Waals surface area contributed by atoms with Gasteiger partial charge in [0.1, 0.15) is 5.82 Å². The first kappa shape index (κ1) is 16.1. The summed E-state index contributed by atoms with van der Waals surface area (Å²) >= 11 is 6.13. The van der Waals surface area contributed by atoms with Gasteiger partial charge in [0.05, 0.1) is 19.7 Å². The molecule has 124 valence electrons. The van der Waals surface area contributed by atoms with Gasteiger partial charge in [-0.15, -0.1) is 0 Å². The Bertz CT molecular complexity index is 702. The number of piperidine rings is 1. The Hall–Kier alpha value is -1.79. The first-order valence-corrected chi connectivity index (χ1v) is 8.08. The van der Waals surface area contributed by atoms with Gasteiger partial charge in [-0.05, 0) is 43.0 Å². The number of halogens is 1. The van der Waals surface area contributed by atoms with E-state index in [9.17, 15) is 0 Å². The number of methoxy groups -OCH3 is 2. The maximum Gasteiger partial charge on any atom is 0.224 e. The van der Waals surface area contributed by atoms with Crippen LogP contribution in [0.2, 0.25) is 5.28 Å². The van der Waals surface area contributed by atoms with E-state index < -0.39 is 0 Å². The third-order valence-corrected chi connectivity index (χ3v) is 4.57. The first-order chi connectivity index (χ1) is 11.2. The van der Waals surface area contributed by atoms with Crippen molar-refractivity contribution >= 4 is 28.3 Å². The number of ether oxygens (including phenoxy) is 2. The van der Waals surface area contributed by atoms with Gasteiger partial charge in [0.2, 0.25) is 5.28 Å². The lowest BCUT2D eigenvalue weighted by molar-refractivity contribution is 0.355. The van der Waals surface area contributed by atoms with Crippen molar-refractivity contribution in [3.8, 4) is 11.5 Å². The van der Waals surface area contributed by atoms with Crippen molar-refractivity contribution < 1.29 is 9.47 Å². The van der Waals surface area contributed by atoms with Gasteiger partial charge >= 0.3 is 0 Å². The normalized spacial score (nSPS) is 15.9. The molecule has 0 spiro atoms. The van der Waals surface area contributed by atoms with Crippen LogP contribution in [0, 0.1) is 5.92 Å². The third-order valence-electron chi connectivity index (χ3n) is 4.40. The molecular weight excluding hydrogens is 316 g/mol. The van der Waals surface area contributed by atoms with Crippen LogP contribution in [0.15, 0.2) is 12.1 Å². The molecule has 0 amide bonds. The molecule has 1 fully saturated rings. The van der Waals surface area contributed by atoms with Crippen molar-refractivity contribution in [3.63, 3.8) is 0 Å². The van der Waals surface area contributed by atoms with E-state index in [0.717, 1.165) is 49.2 Å². The monoisotopic (exact) mass is 336 g/mol. The molecule has 0 atom stereocenters. The molecule has 1 saturated heterocycles. The highest BCUT2D eigenvalue weighted by molar-refractivity contribution is 6.28. The Morgan fingerprint density at radius 3 is 2.43 bits per heavy atom. The number of rotatable bonds is 4. The molecule has 0 bridgehead atoms. The molecule has 0 aliphatic carbocycles. The van der Waals surface area contributed by atoms with Crippen molar-refractivity contribution in [3.05, 3.63) is 17.4 Å². The third kappa shape index (κ3) is 3.14. The van der Waals surface area contributed by atoms with Crippen molar-refractivity contribution in [1.29, 1.82) is 0 Å². The quantitative estimate of drug-likeness (QED) is 0.865. The number of hydrogen-bond acceptors (Lipinski definition) is 6. The summed E-state index contributed by atoms with van der Waals surface area (Å²) in [6, 6.07) is 3.74. The molecule has 0 saturated carbocycles. The molecule has 0 unspecified atom stereocenters. The minimum atomic E-state index is 0.237. The predicted molar refractivity (Wildman–Crippen MR) is 91.6 cm³/mol. The van der Waals surface area contributed by atoms with Crippen molar-refractivity contribution in [2.75, 3.05) is 38.8 Å². The van der Waals surface area contributed by atoms with E-state index in [2.05, 4.69) is 14.9 Å². The number of nitrogens with zero attached hydrogens (tertiary/aromatic N) is 3. The minimum absolute atomic E-state index is 0.237. The summed E-state index contributed by atoms with van der Waals surface area (Å²) in [6.45, 7) is 2.57. The standard InChI is InChI=1S/C16H21ClN4O2/c1-22-13-7-11-12(8-14(13)23-2)19-16(17)20-15(11)21-5-3-10(9-18)4-6-21/h7-8,10H,3-6,9,18H2,1-2H3. The van der Waals surface area contributed by atoms with E-state index >= 15 is 0 Å². The van der Waals surface area contributed by atoms with E-state index in [0.29, 0.717) is 17.4 Å². The molecule has 1 aliphatic heterocycles. The lowest BCUT2D eigenvalue weighted by Crippen LogP contribution is -2.36. The molecule has 23 heavy (non-hydrogen) atoms. The fraction of sp³-hybridized carbons (Fsp3) is 0.500. The van der Waals surface area contributed by atoms with Crippen LogP contribution in [-0.4, -0.2) is 43.8 Å². The zero-order valence-electron chi connectivity index (χ0n) is 13.4. The molecule has 0 radical (unpaired) electrons. The van der Waals surface area contributed by atoms with Gasteiger partial charge in [0.25, 0.3) is 0 Å². The number of fused-ring (bicyclic) bond motifs is 1. The van der Waals surface area contributed by atoms with E-state index in [1.54, 1.807) is 14.2 Å². The van der Waals surface area contributed by atoms with Crippen LogP contribution in [-0.2, 0) is 0 Å². The fourth-order valence-electron chi connectivity index (χ4n) is 3.03. The Morgan fingerprint density at radius 2 is 1.83 bits per heavy atom. The summed E-state index contributed by atoms with van der Waals surface area (Å²) in [5, 5.41) is 1.15. The van der Waals surface area contributed by atoms with E-state index in [-0.39, 0.29) is 5.28 Å². The molecule has 2 aromatic rings. The topological polar surface area (TPSA) is 73.5 Å². The fourth-order valence-corrected chi connectivity index (χ4v) is 3.20. The van der Waals surface area contributed by atoms with Gasteiger partial charge < -0.3 is 20.1 Å².